The van der Waals surface area contributed by atoms with Crippen LogP contribution in [0.2, 0.25) is 0 Å². The number of nitrogen functional groups attached to an aromatic ring is 3. The van der Waals surface area contributed by atoms with Crippen molar-refractivity contribution < 1.29 is 80.7 Å². The van der Waals surface area contributed by atoms with E-state index in [0.29, 0.717) is 130 Å². The lowest BCUT2D eigenvalue weighted by Gasteiger charge is -2.34. The highest BCUT2D eigenvalue weighted by Crippen LogP contribution is 2.40. The Bertz CT molecular complexity index is 4780. The van der Waals surface area contributed by atoms with Gasteiger partial charge in [-0.3, -0.25) is 19.7 Å². The maximum absolute atomic E-state index is 14.3. The Morgan fingerprint density at radius 1 is 0.564 bits per heavy atom. The second-order valence-electron chi connectivity index (χ2n) is 29.6. The van der Waals surface area contributed by atoms with Crippen molar-refractivity contribution in [3.05, 3.63) is 185 Å². The average Bonchev–Trinajstić information content (AvgIpc) is 1.22. The number of ether oxygens (including phenoxy) is 6. The number of aromatic nitrogens is 8. The predicted octanol–water partition coefficient (Wildman–Crippen LogP) is 9.08. The summed E-state index contributed by atoms with van der Waals surface area (Å²) in [6.07, 6.45) is 1.53. The molecule has 0 unspecified atom stereocenters. The van der Waals surface area contributed by atoms with Crippen LogP contribution in [0.4, 0.5) is 31.0 Å². The van der Waals surface area contributed by atoms with Crippen molar-refractivity contribution in [2.24, 2.45) is 33.6 Å². The van der Waals surface area contributed by atoms with Gasteiger partial charge in [0.2, 0.25) is 29.6 Å². The van der Waals surface area contributed by atoms with Crippen LogP contribution in [0.15, 0.2) is 110 Å². The normalized spacial score (nSPS) is 18.7. The van der Waals surface area contributed by atoms with Crippen LogP contribution < -0.4 is 54.4 Å². The number of nitrogens with one attached hydrogen (secondary N) is 3. The van der Waals surface area contributed by atoms with Gasteiger partial charge in [0, 0.05) is 70.8 Å². The number of anilines is 3. The van der Waals surface area contributed by atoms with Crippen LogP contribution >= 0.6 is 44.1 Å². The number of methoxy groups -OCH3 is 2. The van der Waals surface area contributed by atoms with Crippen LogP contribution in [0.25, 0.3) is 11.3 Å². The number of hydrogen-bond acceptors (Lipinski definition) is 31. The van der Waals surface area contributed by atoms with Gasteiger partial charge in [-0.15, -0.1) is 0 Å². The van der Waals surface area contributed by atoms with Crippen molar-refractivity contribution in [1.82, 2.24) is 56.1 Å². The summed E-state index contributed by atoms with van der Waals surface area (Å²) >= 11 is 12.2. The van der Waals surface area contributed by atoms with E-state index in [9.17, 15) is 23.4 Å². The van der Waals surface area contributed by atoms with E-state index in [1.807, 2.05) is 81.4 Å². The summed E-state index contributed by atoms with van der Waals surface area (Å²) in [5.74, 6) is 5.25. The number of aliphatic hydroxyl groups is 3. The average molecular weight is 1770 g/mol. The van der Waals surface area contributed by atoms with Gasteiger partial charge in [0.05, 0.1) is 165 Å². The second kappa shape index (κ2) is 41.3. The number of aliphatic hydroxyl groups excluding tert-OH is 3. The summed E-state index contributed by atoms with van der Waals surface area (Å²) in [6, 6.07) is 23.6. The second-order valence-corrected chi connectivity index (χ2v) is 31.7. The van der Waals surface area contributed by atoms with Gasteiger partial charge in [-0.25, -0.2) is 69.9 Å². The van der Waals surface area contributed by atoms with Crippen molar-refractivity contribution in [3.8, 4) is 23.0 Å². The Labute approximate surface area is 700 Å². The highest BCUT2D eigenvalue weighted by Gasteiger charge is 2.52. The monoisotopic (exact) mass is 1770 g/mol. The zero-order valence-corrected chi connectivity index (χ0v) is 71.6. The van der Waals surface area contributed by atoms with Crippen LogP contribution in [-0.2, 0) is 62.0 Å². The molecule has 3 atom stereocenters. The molecule has 14 rings (SSSR count). The van der Waals surface area contributed by atoms with Gasteiger partial charge in [-0.1, -0.05) is 74.4 Å². The number of pyridine rings is 2. The number of nitrogens with zero attached hydrogens (tertiary/aromatic N) is 10. The number of aryl methyl sites for hydroxylation is 3. The molecule has 117 heavy (non-hydrogen) atoms. The number of hydrogen-bond donors (Lipinski definition) is 10. The van der Waals surface area contributed by atoms with Gasteiger partial charge in [0.25, 0.3) is 0 Å². The summed E-state index contributed by atoms with van der Waals surface area (Å²) in [7, 11) is 3.68. The Morgan fingerprint density at radius 3 is 1.49 bits per heavy atom. The van der Waals surface area contributed by atoms with Gasteiger partial charge < -0.3 is 80.4 Å². The quantitative estimate of drug-likeness (QED) is 0.0231. The van der Waals surface area contributed by atoms with Crippen LogP contribution in [0.3, 0.4) is 0 Å². The van der Waals surface area contributed by atoms with Gasteiger partial charge in [-0.05, 0) is 141 Å². The summed E-state index contributed by atoms with van der Waals surface area (Å²) in [6.45, 7) is 24.0. The van der Waals surface area contributed by atoms with E-state index in [-0.39, 0.29) is 84.4 Å². The maximum Gasteiger partial charge on any atom is 0.514 e. The third-order valence-corrected chi connectivity index (χ3v) is 21.2. The highest BCUT2D eigenvalue weighted by atomic mass is 79.9. The Hall–Kier alpha value is -8.68. The molecule has 3 saturated heterocycles. The summed E-state index contributed by atoms with van der Waals surface area (Å²) in [5, 5.41) is 28.9. The fraction of sp³-hybridized carbons (Fsp3) is 0.456. The molecule has 8 aromatic rings. The van der Waals surface area contributed by atoms with Crippen molar-refractivity contribution in [2.75, 3.05) is 98.0 Å². The molecule has 0 aliphatic carbocycles. The standard InChI is InChI=1S/C24H27FN6O4.C21H25BrFN5O3.C14H12BrFN4S.C12H18BNO3.C7H15NO3.CH4O/c1-13-22-20(30-24(26)27-13)9-19(29-23(22)31-35-12-14(10-32)11-33)16-7-6-15(25)8-17(16)18-4-3-5-21(28-18)34-2;1-11-18-17(27-20(24)25-11)7-16(14-5-4-13(23)6-15(14)22)26-19(18)28-31-10-12-8-29-21(2,3)30-9-12;1-6-12-11(20-14(17)18-6)5-10(19-13(12)21)8-3-2-7(16)4-9(8)15;1-11(2)12(3,4)17-13(16-11)9-7-6-8-10(14-9)15-5;1-7(2)9-3-6(4-10-7)5-11-8;1-2/h3-8,14,19,32-33H,9-12H2,1-2H3,(H,29,31)(H2,26,27,30);4-6,12,16H,7-10H2,1-3H3,(H,26,28)(H2,24,25,27);2-4,10H,5H2,1H3,(H,19,21)(H2,17,18,20);6-8H,1-5H3;6H,3-5,8H2,1-2H3;2H,1H3/t19-;16-;10-;;;/m111.../s1. The first kappa shape index (κ1) is 92.2. The molecular weight excluding hydrogens is 1670 g/mol. The molecular formula is C79H101BBr2F3N17O14S. The number of nitrogens with two attached hydrogens (primary N) is 4. The molecule has 0 amide bonds. The Morgan fingerprint density at radius 2 is 1.00 bits per heavy atom. The van der Waals surface area contributed by atoms with Crippen molar-refractivity contribution in [3.63, 3.8) is 0 Å². The topological polar surface area (TPSA) is 430 Å². The fourth-order valence-corrected chi connectivity index (χ4v) is 14.4. The van der Waals surface area contributed by atoms with E-state index in [4.69, 9.17) is 97.8 Å². The highest BCUT2D eigenvalue weighted by molar-refractivity contribution is 9.10. The molecule has 5 aromatic heterocycles. The Kier molecular flexibility index (Phi) is 32.6. The number of amidine groups is 2. The smallest absolute Gasteiger partial charge is 0.481 e. The minimum atomic E-state index is -0.569. The maximum atomic E-state index is 14.3. The molecule has 3 fully saturated rings. The van der Waals surface area contributed by atoms with Gasteiger partial charge in [-0.2, -0.15) is 0 Å². The molecule has 38 heteroatoms. The number of thiocarbonyl (C=S) groups is 1. The van der Waals surface area contributed by atoms with Crippen molar-refractivity contribution in [1.29, 1.82) is 0 Å². The first-order valence-corrected chi connectivity index (χ1v) is 39.3. The zero-order valence-electron chi connectivity index (χ0n) is 67.6. The third kappa shape index (κ3) is 24.5. The van der Waals surface area contributed by atoms with Gasteiger partial charge >= 0.3 is 7.12 Å². The molecule has 31 nitrogen and oxygen atoms in total. The molecule has 6 aliphatic heterocycles. The first-order valence-electron chi connectivity index (χ1n) is 37.3. The molecule has 0 spiro atoms. The molecule has 11 heterocycles. The molecule has 0 bridgehead atoms. The lowest BCUT2D eigenvalue weighted by atomic mass is 9.84. The van der Waals surface area contributed by atoms with Crippen LogP contribution in [0, 0.1) is 56.0 Å². The number of aliphatic imine (C=N–C) groups is 2. The Balaban J connectivity index is 0.000000174. The number of halogens is 5. The molecule has 6 aliphatic rings. The number of hydroxylamine groups is 2. The van der Waals surface area contributed by atoms with E-state index >= 15 is 0 Å². The molecule has 3 aromatic carbocycles. The van der Waals surface area contributed by atoms with Crippen LogP contribution in [-0.4, -0.2) is 183 Å². The van der Waals surface area contributed by atoms with E-state index in [2.05, 4.69) is 92.8 Å². The number of benzene rings is 3. The van der Waals surface area contributed by atoms with E-state index in [0.717, 1.165) is 57.6 Å². The van der Waals surface area contributed by atoms with Crippen LogP contribution in [0.1, 0.15) is 141 Å². The van der Waals surface area contributed by atoms with Crippen LogP contribution in [0.5, 0.6) is 11.8 Å². The summed E-state index contributed by atoms with van der Waals surface area (Å²) in [5.41, 5.74) is 33.6. The minimum Gasteiger partial charge on any atom is -0.481 e. The third-order valence-electron chi connectivity index (χ3n) is 19.5. The molecule has 0 radical (unpaired) electrons. The van der Waals surface area contributed by atoms with Gasteiger partial charge in [0.15, 0.2) is 23.2 Å². The number of fused-ring (bicyclic) bond motifs is 3. The van der Waals surface area contributed by atoms with E-state index in [1.54, 1.807) is 56.5 Å². The largest absolute Gasteiger partial charge is 0.514 e. The molecule has 14 N–H and O–H groups in total. The zero-order chi connectivity index (χ0) is 85.3. The van der Waals surface area contributed by atoms with E-state index in [1.165, 1.54) is 43.5 Å². The molecule has 630 valence electrons. The van der Waals surface area contributed by atoms with Crippen molar-refractivity contribution >= 4 is 91.3 Å². The summed E-state index contributed by atoms with van der Waals surface area (Å²) < 4.78 is 86.7. The summed E-state index contributed by atoms with van der Waals surface area (Å²) in [4.78, 5) is 60.6. The van der Waals surface area contributed by atoms with Gasteiger partial charge in [0.1, 0.15) is 22.4 Å². The first-order chi connectivity index (χ1) is 55.6. The molecule has 0 saturated carbocycles. The predicted molar refractivity (Wildman–Crippen MR) is 445 cm³/mol. The fourth-order valence-electron chi connectivity index (χ4n) is 12.7. The van der Waals surface area contributed by atoms with Crippen molar-refractivity contribution in [2.45, 2.75) is 136 Å². The number of rotatable bonds is 17. The lowest BCUT2D eigenvalue weighted by Crippen LogP contribution is -2.42. The van der Waals surface area contributed by atoms with E-state index < -0.39 is 36.5 Å². The minimum absolute atomic E-state index is 0.0520. The lowest BCUT2D eigenvalue weighted by molar-refractivity contribution is -0.267. The SMILES string of the molecule is CC1(C)OCC(CON)CO1.CO.COc1cccc(-c2cc(F)ccc2[C@H]2Cc3nc(N)nc(C)c3C(NOCC(CO)CO)=N2)n1.COc1cccc(B2OC(C)(C)C(C)(C)O2)n1.Cc1nc(N)nc2c1C(=S)N[C@@H](c1ccc(F)cc1Br)C2.Cc1nc(N)nc2c1C(NOCC1COC(C)(C)OC1)=N[C@@H](c1ccc(F)cc1Br)C2.